The number of hydrogen-bond acceptors (Lipinski definition) is 6. The molecule has 1 aromatic carbocycles. The van der Waals surface area contributed by atoms with Crippen molar-refractivity contribution in [2.75, 3.05) is 6.54 Å². The molecule has 8 nitrogen and oxygen atoms in total. The maximum absolute atomic E-state index is 11.8. The number of amides is 1. The quantitative estimate of drug-likeness (QED) is 0.462. The van der Waals surface area contributed by atoms with Gasteiger partial charge in [-0.1, -0.05) is 12.1 Å². The summed E-state index contributed by atoms with van der Waals surface area (Å²) >= 11 is 0. The zero-order valence-corrected chi connectivity index (χ0v) is 15.0. The Bertz CT molecular complexity index is 742. The van der Waals surface area contributed by atoms with Crippen LogP contribution in [0.1, 0.15) is 29.7 Å². The van der Waals surface area contributed by atoms with Gasteiger partial charge in [-0.25, -0.2) is 0 Å². The predicted molar refractivity (Wildman–Crippen MR) is 98.9 cm³/mol. The first-order chi connectivity index (χ1) is 13.0. The lowest BCUT2D eigenvalue weighted by atomic mass is 10.1. The lowest BCUT2D eigenvalue weighted by Crippen LogP contribution is -2.41. The number of carbonyl (C=O) groups excluding carboxylic acids is 1. The van der Waals surface area contributed by atoms with E-state index in [0.717, 1.165) is 16.9 Å². The van der Waals surface area contributed by atoms with Gasteiger partial charge >= 0.3 is 5.97 Å². The highest BCUT2D eigenvalue weighted by atomic mass is 16.5. The van der Waals surface area contributed by atoms with E-state index >= 15 is 0 Å². The van der Waals surface area contributed by atoms with Gasteiger partial charge in [-0.15, -0.1) is 0 Å². The summed E-state index contributed by atoms with van der Waals surface area (Å²) in [5.74, 6) is 0.143. The number of hydrogen-bond donors (Lipinski definition) is 4. The average molecular weight is 375 g/mol. The molecule has 27 heavy (non-hydrogen) atoms. The van der Waals surface area contributed by atoms with Crippen molar-refractivity contribution in [3.8, 4) is 5.75 Å². The van der Waals surface area contributed by atoms with E-state index in [1.54, 1.807) is 6.26 Å². The van der Waals surface area contributed by atoms with Gasteiger partial charge in [0.1, 0.15) is 18.1 Å². The molecule has 0 unspecified atom stereocenters. The van der Waals surface area contributed by atoms with E-state index in [2.05, 4.69) is 5.32 Å². The molecule has 0 saturated carbocycles. The van der Waals surface area contributed by atoms with E-state index in [1.165, 1.54) is 0 Å². The second kappa shape index (κ2) is 10.3. The van der Waals surface area contributed by atoms with Crippen LogP contribution in [0.3, 0.4) is 0 Å². The molecule has 0 aliphatic carbocycles. The van der Waals surface area contributed by atoms with Crippen LogP contribution in [0.15, 0.2) is 41.0 Å². The molecule has 0 bridgehead atoms. The first-order valence-electron chi connectivity index (χ1n) is 8.71. The number of furan rings is 1. The molecular formula is C19H25N3O5. The van der Waals surface area contributed by atoms with Crippen LogP contribution in [0.5, 0.6) is 5.75 Å². The van der Waals surface area contributed by atoms with Crippen molar-refractivity contribution < 1.29 is 23.8 Å². The number of nitrogens with two attached hydrogens (primary N) is 2. The molecule has 1 heterocycles. The second-order valence-electron chi connectivity index (χ2n) is 6.14. The summed E-state index contributed by atoms with van der Waals surface area (Å²) in [4.78, 5) is 22.3. The molecule has 1 aromatic heterocycles. The third-order valence-corrected chi connectivity index (χ3v) is 3.96. The monoisotopic (exact) mass is 375 g/mol. The molecule has 2 rings (SSSR count). The normalized spacial score (nSPS) is 11.8. The van der Waals surface area contributed by atoms with Gasteiger partial charge in [0.15, 0.2) is 0 Å². The lowest BCUT2D eigenvalue weighted by Gasteiger charge is -2.11. The summed E-state index contributed by atoms with van der Waals surface area (Å²) < 4.78 is 10.9. The minimum atomic E-state index is -0.965. The molecule has 0 fully saturated rings. The van der Waals surface area contributed by atoms with Crippen molar-refractivity contribution in [3.63, 3.8) is 0 Å². The van der Waals surface area contributed by atoms with Crippen molar-refractivity contribution in [3.05, 3.63) is 53.5 Å². The van der Waals surface area contributed by atoms with Crippen LogP contribution in [0.4, 0.5) is 0 Å². The number of carboxylic acids is 1. The molecule has 0 saturated heterocycles. The number of rotatable bonds is 11. The number of ether oxygens (including phenoxy) is 1. The highest BCUT2D eigenvalue weighted by Gasteiger charge is 2.14. The van der Waals surface area contributed by atoms with E-state index in [9.17, 15) is 9.59 Å². The van der Waals surface area contributed by atoms with Crippen LogP contribution < -0.4 is 21.5 Å². The molecule has 2 aromatic rings. The highest BCUT2D eigenvalue weighted by molar-refractivity contribution is 5.82. The molecule has 1 amide bonds. The Morgan fingerprint density at radius 3 is 2.59 bits per heavy atom. The minimum Gasteiger partial charge on any atom is -0.489 e. The van der Waals surface area contributed by atoms with E-state index in [4.69, 9.17) is 25.7 Å². The first kappa shape index (κ1) is 20.5. The number of aliphatic carboxylic acids is 1. The van der Waals surface area contributed by atoms with Crippen LogP contribution in [-0.4, -0.2) is 29.6 Å². The number of carboxylic acid groups (broad SMARTS) is 1. The first-order valence-corrected chi connectivity index (χ1v) is 8.71. The van der Waals surface area contributed by atoms with E-state index in [0.29, 0.717) is 31.9 Å². The Kier molecular flexibility index (Phi) is 7.84. The fourth-order valence-electron chi connectivity index (χ4n) is 2.40. The largest absolute Gasteiger partial charge is 0.489 e. The molecule has 146 valence electrons. The molecule has 0 spiro atoms. The van der Waals surface area contributed by atoms with Gasteiger partial charge in [0.25, 0.3) is 0 Å². The SMILES string of the molecule is NCc1cc(COc2ccc(CCNC(=O)[C@@H](N)CCC(=O)O)cc2)co1. The third-order valence-electron chi connectivity index (χ3n) is 3.96. The molecule has 1 atom stereocenters. The molecule has 6 N–H and O–H groups in total. The van der Waals surface area contributed by atoms with Gasteiger partial charge in [0, 0.05) is 18.5 Å². The average Bonchev–Trinajstić information content (AvgIpc) is 3.13. The van der Waals surface area contributed by atoms with Crippen LogP contribution in [0.25, 0.3) is 0 Å². The minimum absolute atomic E-state index is 0.122. The maximum atomic E-state index is 11.8. The number of nitrogens with one attached hydrogen (secondary N) is 1. The molecule has 0 aliphatic heterocycles. The van der Waals surface area contributed by atoms with Crippen molar-refractivity contribution >= 4 is 11.9 Å². The van der Waals surface area contributed by atoms with Crippen molar-refractivity contribution in [1.82, 2.24) is 5.32 Å². The molecule has 0 aliphatic rings. The van der Waals surface area contributed by atoms with Gasteiger partial charge in [-0.2, -0.15) is 0 Å². The maximum Gasteiger partial charge on any atom is 0.303 e. The summed E-state index contributed by atoms with van der Waals surface area (Å²) in [6, 6.07) is 8.62. The summed E-state index contributed by atoms with van der Waals surface area (Å²) in [6.45, 7) is 1.18. The van der Waals surface area contributed by atoms with Crippen LogP contribution in [-0.2, 0) is 29.2 Å². The van der Waals surface area contributed by atoms with Gasteiger partial charge in [0.05, 0.1) is 18.8 Å². The van der Waals surface area contributed by atoms with Crippen molar-refractivity contribution in [2.45, 2.75) is 38.5 Å². The molecule has 0 radical (unpaired) electrons. The Morgan fingerprint density at radius 1 is 1.22 bits per heavy atom. The Labute approximate surface area is 157 Å². The van der Waals surface area contributed by atoms with Crippen molar-refractivity contribution in [2.24, 2.45) is 11.5 Å². The zero-order chi connectivity index (χ0) is 19.6. The van der Waals surface area contributed by atoms with Gasteiger partial charge in [-0.05, 0) is 36.6 Å². The number of carbonyl (C=O) groups is 2. The standard InChI is InChI=1S/C19H25N3O5/c20-10-16-9-14(12-27-16)11-26-15-3-1-13(2-4-15)7-8-22-19(25)17(21)5-6-18(23)24/h1-4,9,12,17H,5-8,10-11,20-21H2,(H,22,25)(H,23,24)/t17-/m0/s1. The predicted octanol–water partition coefficient (Wildman–Crippen LogP) is 1.17. The fourth-order valence-corrected chi connectivity index (χ4v) is 2.40. The van der Waals surface area contributed by atoms with E-state index in [-0.39, 0.29) is 18.7 Å². The van der Waals surface area contributed by atoms with Gasteiger partial charge < -0.3 is 31.0 Å². The molecule has 8 heteroatoms. The Morgan fingerprint density at radius 2 is 1.96 bits per heavy atom. The summed E-state index contributed by atoms with van der Waals surface area (Å²) in [6.07, 6.45) is 2.26. The van der Waals surface area contributed by atoms with E-state index in [1.807, 2.05) is 30.3 Å². The topological polar surface area (TPSA) is 141 Å². The Hall–Kier alpha value is -2.84. The van der Waals surface area contributed by atoms with Crippen LogP contribution in [0, 0.1) is 0 Å². The highest BCUT2D eigenvalue weighted by Crippen LogP contribution is 2.15. The molecular weight excluding hydrogens is 350 g/mol. The lowest BCUT2D eigenvalue weighted by molar-refractivity contribution is -0.137. The summed E-state index contributed by atoms with van der Waals surface area (Å²) in [7, 11) is 0. The third kappa shape index (κ3) is 7.12. The fraction of sp³-hybridized carbons (Fsp3) is 0.368. The van der Waals surface area contributed by atoms with Gasteiger partial charge in [-0.3, -0.25) is 9.59 Å². The van der Waals surface area contributed by atoms with Gasteiger partial charge in [0.2, 0.25) is 5.91 Å². The zero-order valence-electron chi connectivity index (χ0n) is 15.0. The van der Waals surface area contributed by atoms with Crippen LogP contribution >= 0.6 is 0 Å². The van der Waals surface area contributed by atoms with Crippen molar-refractivity contribution in [1.29, 1.82) is 0 Å². The number of benzene rings is 1. The smallest absolute Gasteiger partial charge is 0.303 e. The summed E-state index contributed by atoms with van der Waals surface area (Å²) in [5.41, 5.74) is 13.1. The summed E-state index contributed by atoms with van der Waals surface area (Å²) in [5, 5.41) is 11.3. The Balaban J connectivity index is 1.70. The second-order valence-corrected chi connectivity index (χ2v) is 6.14. The van der Waals surface area contributed by atoms with Crippen LogP contribution in [0.2, 0.25) is 0 Å². The van der Waals surface area contributed by atoms with E-state index < -0.39 is 12.0 Å².